The third kappa shape index (κ3) is 3.53. The van der Waals surface area contributed by atoms with Gasteiger partial charge in [-0.25, -0.2) is 0 Å². The first-order chi connectivity index (χ1) is 9.65. The first-order valence-corrected chi connectivity index (χ1v) is 7.85. The number of anilines is 1. The molecule has 0 amide bonds. The van der Waals surface area contributed by atoms with Crippen LogP contribution in [0, 0.1) is 6.92 Å². The second-order valence-electron chi connectivity index (χ2n) is 5.82. The normalized spacial score (nSPS) is 21.0. The molecule has 1 aromatic rings. The molecule has 0 saturated carbocycles. The molecule has 1 aliphatic rings. The lowest BCUT2D eigenvalue weighted by Gasteiger charge is -2.38. The maximum Gasteiger partial charge on any atom is 0.0670 e. The summed E-state index contributed by atoms with van der Waals surface area (Å²) in [5.41, 5.74) is 10.1. The van der Waals surface area contributed by atoms with Gasteiger partial charge in [0, 0.05) is 18.3 Å². The zero-order chi connectivity index (χ0) is 14.5. The molecule has 1 aromatic carbocycles. The summed E-state index contributed by atoms with van der Waals surface area (Å²) in [4.78, 5) is 2.50. The molecule has 112 valence electrons. The van der Waals surface area contributed by atoms with Gasteiger partial charge in [-0.2, -0.15) is 0 Å². The molecule has 20 heavy (non-hydrogen) atoms. The molecule has 0 radical (unpaired) electrons. The van der Waals surface area contributed by atoms with Crippen LogP contribution in [0.4, 0.5) is 5.69 Å². The SMILES string of the molecule is CCC(N)Cc1ccc(N2CCOCC2CC)c(C)c1. The van der Waals surface area contributed by atoms with Crippen LogP contribution in [0.1, 0.15) is 37.8 Å². The Morgan fingerprint density at radius 3 is 2.85 bits per heavy atom. The quantitative estimate of drug-likeness (QED) is 0.898. The standard InChI is InChI=1S/C17H28N2O/c1-4-15(18)11-14-6-7-17(13(3)10-14)19-8-9-20-12-16(19)5-2/h6-7,10,15-16H,4-5,8-9,11-12,18H2,1-3H3. The lowest BCUT2D eigenvalue weighted by molar-refractivity contribution is 0.0929. The van der Waals surface area contributed by atoms with Crippen LogP contribution < -0.4 is 10.6 Å². The summed E-state index contributed by atoms with van der Waals surface area (Å²) in [6, 6.07) is 7.58. The zero-order valence-electron chi connectivity index (χ0n) is 13.1. The summed E-state index contributed by atoms with van der Waals surface area (Å²) < 4.78 is 5.60. The molecule has 0 spiro atoms. The molecule has 3 nitrogen and oxygen atoms in total. The summed E-state index contributed by atoms with van der Waals surface area (Å²) in [6.07, 6.45) is 3.13. The van der Waals surface area contributed by atoms with Crippen molar-refractivity contribution in [3.63, 3.8) is 0 Å². The highest BCUT2D eigenvalue weighted by Crippen LogP contribution is 2.26. The topological polar surface area (TPSA) is 38.5 Å². The predicted molar refractivity (Wildman–Crippen MR) is 85.4 cm³/mol. The second-order valence-corrected chi connectivity index (χ2v) is 5.82. The van der Waals surface area contributed by atoms with Crippen LogP contribution in [0.5, 0.6) is 0 Å². The Bertz CT molecular complexity index is 433. The van der Waals surface area contributed by atoms with E-state index in [0.29, 0.717) is 6.04 Å². The van der Waals surface area contributed by atoms with Gasteiger partial charge in [0.25, 0.3) is 0 Å². The monoisotopic (exact) mass is 276 g/mol. The van der Waals surface area contributed by atoms with E-state index < -0.39 is 0 Å². The maximum atomic E-state index is 6.05. The van der Waals surface area contributed by atoms with Gasteiger partial charge in [-0.1, -0.05) is 26.0 Å². The molecule has 2 rings (SSSR count). The van der Waals surface area contributed by atoms with Gasteiger partial charge in [0.2, 0.25) is 0 Å². The van der Waals surface area contributed by atoms with E-state index >= 15 is 0 Å². The Kier molecular flexibility index (Phi) is 5.44. The number of nitrogens with zero attached hydrogens (tertiary/aromatic N) is 1. The average Bonchev–Trinajstić information content (AvgIpc) is 2.47. The van der Waals surface area contributed by atoms with Crippen molar-refractivity contribution >= 4 is 5.69 Å². The Labute approximate surface area is 123 Å². The van der Waals surface area contributed by atoms with Crippen LogP contribution in [0.15, 0.2) is 18.2 Å². The molecule has 2 unspecified atom stereocenters. The van der Waals surface area contributed by atoms with E-state index in [1.165, 1.54) is 16.8 Å². The van der Waals surface area contributed by atoms with Crippen LogP contribution >= 0.6 is 0 Å². The summed E-state index contributed by atoms with van der Waals surface area (Å²) >= 11 is 0. The average molecular weight is 276 g/mol. The number of benzene rings is 1. The Morgan fingerprint density at radius 1 is 1.40 bits per heavy atom. The fourth-order valence-corrected chi connectivity index (χ4v) is 2.92. The van der Waals surface area contributed by atoms with Gasteiger partial charge in [0.15, 0.2) is 0 Å². The molecule has 1 fully saturated rings. The molecule has 1 heterocycles. The minimum Gasteiger partial charge on any atom is -0.377 e. The number of hydrogen-bond acceptors (Lipinski definition) is 3. The minimum absolute atomic E-state index is 0.270. The van der Waals surface area contributed by atoms with Crippen molar-refractivity contribution in [1.29, 1.82) is 0 Å². The van der Waals surface area contributed by atoms with Gasteiger partial charge < -0.3 is 15.4 Å². The molecule has 0 aromatic heterocycles. The summed E-state index contributed by atoms with van der Waals surface area (Å²) in [5, 5.41) is 0. The highest BCUT2D eigenvalue weighted by molar-refractivity contribution is 5.55. The van der Waals surface area contributed by atoms with Crippen molar-refractivity contribution in [1.82, 2.24) is 0 Å². The van der Waals surface area contributed by atoms with E-state index in [1.807, 2.05) is 0 Å². The number of rotatable bonds is 5. The zero-order valence-corrected chi connectivity index (χ0v) is 13.1. The van der Waals surface area contributed by atoms with E-state index in [0.717, 1.165) is 39.0 Å². The van der Waals surface area contributed by atoms with Crippen LogP contribution in [-0.4, -0.2) is 31.8 Å². The van der Waals surface area contributed by atoms with Crippen LogP contribution in [0.25, 0.3) is 0 Å². The summed E-state index contributed by atoms with van der Waals surface area (Å²) in [6.45, 7) is 9.25. The predicted octanol–water partition coefficient (Wildman–Crippen LogP) is 2.89. The van der Waals surface area contributed by atoms with Gasteiger partial charge in [-0.05, 0) is 43.4 Å². The lowest BCUT2D eigenvalue weighted by Crippen LogP contribution is -2.45. The second kappa shape index (κ2) is 7.09. The molecule has 0 aliphatic carbocycles. The van der Waals surface area contributed by atoms with E-state index in [-0.39, 0.29) is 6.04 Å². The number of nitrogens with two attached hydrogens (primary N) is 1. The maximum absolute atomic E-state index is 6.05. The first kappa shape index (κ1) is 15.3. The van der Waals surface area contributed by atoms with Crippen LogP contribution in [-0.2, 0) is 11.2 Å². The molecule has 1 saturated heterocycles. The van der Waals surface area contributed by atoms with Gasteiger partial charge in [0.05, 0.1) is 19.3 Å². The van der Waals surface area contributed by atoms with Crippen molar-refractivity contribution in [2.75, 3.05) is 24.7 Å². The number of hydrogen-bond donors (Lipinski definition) is 1. The molecular formula is C17H28N2O. The molecule has 3 heteroatoms. The lowest BCUT2D eigenvalue weighted by atomic mass is 10.0. The van der Waals surface area contributed by atoms with E-state index in [9.17, 15) is 0 Å². The van der Waals surface area contributed by atoms with Crippen molar-refractivity contribution in [3.05, 3.63) is 29.3 Å². The smallest absolute Gasteiger partial charge is 0.0670 e. The van der Waals surface area contributed by atoms with Gasteiger partial charge in [-0.15, -0.1) is 0 Å². The Morgan fingerprint density at radius 2 is 2.20 bits per heavy atom. The third-order valence-electron chi connectivity index (χ3n) is 4.29. The largest absolute Gasteiger partial charge is 0.377 e. The van der Waals surface area contributed by atoms with Gasteiger partial charge >= 0.3 is 0 Å². The highest BCUT2D eigenvalue weighted by Gasteiger charge is 2.22. The van der Waals surface area contributed by atoms with Crippen molar-refractivity contribution in [2.45, 2.75) is 52.1 Å². The van der Waals surface area contributed by atoms with Crippen molar-refractivity contribution in [2.24, 2.45) is 5.73 Å². The molecule has 0 bridgehead atoms. The van der Waals surface area contributed by atoms with Crippen molar-refractivity contribution < 1.29 is 4.74 Å². The van der Waals surface area contributed by atoms with Crippen LogP contribution in [0.3, 0.4) is 0 Å². The number of ether oxygens (including phenoxy) is 1. The Hall–Kier alpha value is -1.06. The number of morpholine rings is 1. The first-order valence-electron chi connectivity index (χ1n) is 7.85. The van der Waals surface area contributed by atoms with E-state index in [1.54, 1.807) is 0 Å². The van der Waals surface area contributed by atoms with Gasteiger partial charge in [0.1, 0.15) is 0 Å². The fraction of sp³-hybridized carbons (Fsp3) is 0.647. The molecule has 2 atom stereocenters. The van der Waals surface area contributed by atoms with Crippen molar-refractivity contribution in [3.8, 4) is 0 Å². The molecule has 2 N–H and O–H groups in total. The molecule has 1 aliphatic heterocycles. The third-order valence-corrected chi connectivity index (χ3v) is 4.29. The van der Waals surface area contributed by atoms with Crippen LogP contribution in [0.2, 0.25) is 0 Å². The summed E-state index contributed by atoms with van der Waals surface area (Å²) in [7, 11) is 0. The highest BCUT2D eigenvalue weighted by atomic mass is 16.5. The molecular weight excluding hydrogens is 248 g/mol. The Balaban J connectivity index is 2.16. The minimum atomic E-state index is 0.270. The summed E-state index contributed by atoms with van der Waals surface area (Å²) in [5.74, 6) is 0. The van der Waals surface area contributed by atoms with E-state index in [4.69, 9.17) is 10.5 Å². The fourth-order valence-electron chi connectivity index (χ4n) is 2.92. The number of aryl methyl sites for hydroxylation is 1. The van der Waals surface area contributed by atoms with E-state index in [2.05, 4.69) is 43.9 Å². The van der Waals surface area contributed by atoms with Gasteiger partial charge in [-0.3, -0.25) is 0 Å².